The summed E-state index contributed by atoms with van der Waals surface area (Å²) < 4.78 is 5.06. The van der Waals surface area contributed by atoms with Crippen LogP contribution < -0.4 is 5.32 Å². The molecule has 2 aliphatic rings. The average molecular weight is 876 g/mol. The maximum Gasteiger partial charge on any atom is 0.169 e. The molecular formula is C63H49N5. The summed E-state index contributed by atoms with van der Waals surface area (Å²) in [6.45, 7) is 9.79. The molecule has 11 aromatic rings. The van der Waals surface area contributed by atoms with E-state index in [4.69, 9.17) is 9.98 Å². The molecule has 13 rings (SSSR count). The summed E-state index contributed by atoms with van der Waals surface area (Å²) in [4.78, 5) is 10.6. The lowest BCUT2D eigenvalue weighted by molar-refractivity contribution is 0.526. The maximum absolute atomic E-state index is 5.28. The highest BCUT2D eigenvalue weighted by atomic mass is 15.2. The van der Waals surface area contributed by atoms with Crippen molar-refractivity contribution in [2.24, 2.45) is 9.98 Å². The second kappa shape index (κ2) is 15.1. The minimum atomic E-state index is -0.451. The Balaban J connectivity index is 1.03. The Morgan fingerprint density at radius 2 is 0.809 bits per heavy atom. The van der Waals surface area contributed by atoms with E-state index in [1.807, 2.05) is 12.1 Å². The van der Waals surface area contributed by atoms with Crippen molar-refractivity contribution in [2.45, 2.75) is 44.7 Å². The Morgan fingerprint density at radius 3 is 1.32 bits per heavy atom. The lowest BCUT2D eigenvalue weighted by Crippen LogP contribution is -2.37. The van der Waals surface area contributed by atoms with Crippen molar-refractivity contribution in [1.82, 2.24) is 14.5 Å². The van der Waals surface area contributed by atoms with Crippen LogP contribution in [0.15, 0.2) is 222 Å². The Kier molecular flexibility index (Phi) is 8.91. The predicted octanol–water partition coefficient (Wildman–Crippen LogP) is 15.0. The first kappa shape index (κ1) is 40.0. The third-order valence-corrected chi connectivity index (χ3v) is 14.7. The molecule has 0 bridgehead atoms. The molecule has 2 aromatic heterocycles. The van der Waals surface area contributed by atoms with E-state index < -0.39 is 6.17 Å². The van der Waals surface area contributed by atoms with Gasteiger partial charge in [-0.15, -0.1) is 0 Å². The van der Waals surface area contributed by atoms with Gasteiger partial charge in [-0.1, -0.05) is 204 Å². The fourth-order valence-electron chi connectivity index (χ4n) is 11.6. The van der Waals surface area contributed by atoms with Gasteiger partial charge in [0.15, 0.2) is 6.17 Å². The van der Waals surface area contributed by atoms with Gasteiger partial charge in [-0.25, -0.2) is 9.98 Å². The fourth-order valence-corrected chi connectivity index (χ4v) is 11.6. The normalized spacial score (nSPS) is 15.2. The van der Waals surface area contributed by atoms with Crippen LogP contribution in [0.5, 0.6) is 0 Å². The van der Waals surface area contributed by atoms with Crippen molar-refractivity contribution >= 4 is 55.3 Å². The molecule has 5 nitrogen and oxygen atoms in total. The Morgan fingerprint density at radius 1 is 0.382 bits per heavy atom. The van der Waals surface area contributed by atoms with Gasteiger partial charge in [0, 0.05) is 60.4 Å². The number of nitrogens with one attached hydrogen (secondary N) is 1. The number of rotatable bonds is 6. The standard InChI is InChI=1S/C63H49N5/c1-62(2)52-37-35-50-48-31-15-17-33-54(48)68(46-29-19-27-44(39-46)61-65-59(41-22-10-6-11-23-41)64-60(66-61)42-24-12-7-13-25-42)58(50)56(52)63(3,4)51-36-34-49-47-30-14-16-32-53(47)67(57(49)55(51)62)45-28-18-26-43(38-45)40-20-8-5-9-21-40/h5-39,61H,1-4H3,(H,64,65,66). The monoisotopic (exact) mass is 875 g/mol. The fraction of sp³-hybridized carbons (Fsp3) is 0.111. The van der Waals surface area contributed by atoms with Crippen molar-refractivity contribution in [3.05, 3.63) is 251 Å². The van der Waals surface area contributed by atoms with E-state index in [9.17, 15) is 0 Å². The van der Waals surface area contributed by atoms with Crippen LogP contribution in [-0.4, -0.2) is 20.8 Å². The summed E-state index contributed by atoms with van der Waals surface area (Å²) in [5.74, 6) is 1.61. The molecule has 0 saturated heterocycles. The molecular weight excluding hydrogens is 827 g/mol. The van der Waals surface area contributed by atoms with E-state index in [0.717, 1.165) is 39.7 Å². The number of hydrogen-bond acceptors (Lipinski definition) is 3. The molecule has 326 valence electrons. The number of aromatic nitrogens is 2. The Hall–Kier alpha value is -8.28. The molecule has 5 heteroatoms. The van der Waals surface area contributed by atoms with E-state index in [-0.39, 0.29) is 10.8 Å². The summed E-state index contributed by atoms with van der Waals surface area (Å²) in [7, 11) is 0. The SMILES string of the molecule is CC1(C)c2ccc3c4ccccc4n(-c4cccc(C5N=C(c6ccccc6)NC(c6ccccc6)=N5)c4)c3c2C(C)(C)c2ccc3c4ccccc4n(-c4cccc(-c5ccccc5)c4)c3c21. The molecule has 1 N–H and O–H groups in total. The van der Waals surface area contributed by atoms with Gasteiger partial charge in [0.1, 0.15) is 11.7 Å². The lowest BCUT2D eigenvalue weighted by Gasteiger charge is -2.45. The maximum atomic E-state index is 5.28. The Bertz CT molecular complexity index is 3810. The minimum absolute atomic E-state index is 0.375. The van der Waals surface area contributed by atoms with Crippen LogP contribution in [-0.2, 0) is 10.8 Å². The van der Waals surface area contributed by atoms with Crippen LogP contribution in [0.3, 0.4) is 0 Å². The zero-order valence-corrected chi connectivity index (χ0v) is 38.6. The summed E-state index contributed by atoms with van der Waals surface area (Å²) >= 11 is 0. The first-order valence-electron chi connectivity index (χ1n) is 23.7. The van der Waals surface area contributed by atoms with Crippen molar-refractivity contribution in [1.29, 1.82) is 0 Å². The van der Waals surface area contributed by atoms with Crippen LogP contribution >= 0.6 is 0 Å². The molecule has 0 radical (unpaired) electrons. The molecule has 9 aromatic carbocycles. The smallest absolute Gasteiger partial charge is 0.169 e. The number of amidine groups is 2. The van der Waals surface area contributed by atoms with Gasteiger partial charge in [-0.05, 0) is 69.8 Å². The summed E-state index contributed by atoms with van der Waals surface area (Å²) in [6, 6.07) is 76.9. The zero-order chi connectivity index (χ0) is 45.7. The van der Waals surface area contributed by atoms with E-state index in [0.29, 0.717) is 0 Å². The van der Waals surface area contributed by atoms with Crippen molar-refractivity contribution in [3.63, 3.8) is 0 Å². The summed E-state index contributed by atoms with van der Waals surface area (Å²) in [5, 5.41) is 8.59. The molecule has 0 saturated carbocycles. The van der Waals surface area contributed by atoms with Crippen LogP contribution in [0.4, 0.5) is 0 Å². The van der Waals surface area contributed by atoms with E-state index in [2.05, 4.69) is 242 Å². The van der Waals surface area contributed by atoms with Crippen molar-refractivity contribution in [2.75, 3.05) is 0 Å². The number of para-hydroxylation sites is 2. The van der Waals surface area contributed by atoms with E-state index in [1.165, 1.54) is 77.0 Å². The van der Waals surface area contributed by atoms with Gasteiger partial charge in [-0.2, -0.15) is 0 Å². The van der Waals surface area contributed by atoms with Crippen LogP contribution in [0.2, 0.25) is 0 Å². The molecule has 1 aliphatic carbocycles. The summed E-state index contributed by atoms with van der Waals surface area (Å²) in [6.07, 6.45) is -0.451. The van der Waals surface area contributed by atoms with E-state index >= 15 is 0 Å². The molecule has 1 aliphatic heterocycles. The van der Waals surface area contributed by atoms with Gasteiger partial charge >= 0.3 is 0 Å². The molecule has 3 heterocycles. The molecule has 0 amide bonds. The molecule has 0 fully saturated rings. The van der Waals surface area contributed by atoms with E-state index in [1.54, 1.807) is 0 Å². The first-order chi connectivity index (χ1) is 33.3. The topological polar surface area (TPSA) is 46.6 Å². The summed E-state index contributed by atoms with van der Waals surface area (Å²) in [5.41, 5.74) is 17.3. The van der Waals surface area contributed by atoms with Crippen LogP contribution in [0.25, 0.3) is 66.1 Å². The number of aliphatic imine (C=N–C) groups is 2. The van der Waals surface area contributed by atoms with Gasteiger partial charge in [0.05, 0.1) is 22.1 Å². The second-order valence-corrected chi connectivity index (χ2v) is 19.4. The van der Waals surface area contributed by atoms with Gasteiger partial charge < -0.3 is 14.5 Å². The molecule has 68 heavy (non-hydrogen) atoms. The van der Waals surface area contributed by atoms with Crippen LogP contribution in [0.1, 0.15) is 72.8 Å². The van der Waals surface area contributed by atoms with Gasteiger partial charge in [0.25, 0.3) is 0 Å². The highest BCUT2D eigenvalue weighted by Crippen LogP contribution is 2.56. The quantitative estimate of drug-likeness (QED) is 0.178. The number of fused-ring (bicyclic) bond motifs is 10. The molecule has 0 atom stereocenters. The highest BCUT2D eigenvalue weighted by Gasteiger charge is 2.45. The van der Waals surface area contributed by atoms with Gasteiger partial charge in [0.2, 0.25) is 0 Å². The largest absolute Gasteiger partial charge is 0.324 e. The second-order valence-electron chi connectivity index (χ2n) is 19.4. The third kappa shape index (κ3) is 6.01. The predicted molar refractivity (Wildman–Crippen MR) is 283 cm³/mol. The lowest BCUT2D eigenvalue weighted by atomic mass is 9.59. The first-order valence-corrected chi connectivity index (χ1v) is 23.7. The third-order valence-electron chi connectivity index (χ3n) is 14.7. The number of benzene rings is 9. The minimum Gasteiger partial charge on any atom is -0.324 e. The average Bonchev–Trinajstić information content (AvgIpc) is 3.91. The Labute approximate surface area is 396 Å². The highest BCUT2D eigenvalue weighted by molar-refractivity contribution is 6.16. The zero-order valence-electron chi connectivity index (χ0n) is 38.6. The number of nitrogens with zero attached hydrogens (tertiary/aromatic N) is 4. The van der Waals surface area contributed by atoms with Crippen molar-refractivity contribution in [3.8, 4) is 22.5 Å². The van der Waals surface area contributed by atoms with Crippen molar-refractivity contribution < 1.29 is 0 Å². The number of hydrogen-bond donors (Lipinski definition) is 1. The van der Waals surface area contributed by atoms with Crippen LogP contribution in [0, 0.1) is 0 Å². The molecule has 0 spiro atoms. The molecule has 0 unspecified atom stereocenters. The van der Waals surface area contributed by atoms with Gasteiger partial charge in [-0.3, -0.25) is 0 Å².